The fraction of sp³-hybridized carbons (Fsp3) is 1.00. The van der Waals surface area contributed by atoms with Crippen LogP contribution in [-0.2, 0) is 0 Å². The third-order valence-corrected chi connectivity index (χ3v) is 2.49. The molecule has 2 atom stereocenters. The van der Waals surface area contributed by atoms with Crippen LogP contribution in [0.15, 0.2) is 0 Å². The van der Waals surface area contributed by atoms with Crippen molar-refractivity contribution >= 4 is 0 Å². The standard InChI is InChI=1S/C10H23NO/c1-5-10(6-2)9(4)11-7-8(3)12/h8-12H,5-7H2,1-4H3/t8-,9?/m0/s1. The van der Waals surface area contributed by atoms with E-state index >= 15 is 0 Å². The molecule has 0 heterocycles. The minimum atomic E-state index is -0.234. The van der Waals surface area contributed by atoms with E-state index in [9.17, 15) is 0 Å². The highest BCUT2D eigenvalue weighted by atomic mass is 16.3. The summed E-state index contributed by atoms with van der Waals surface area (Å²) >= 11 is 0. The van der Waals surface area contributed by atoms with Crippen molar-refractivity contribution in [1.29, 1.82) is 0 Å². The van der Waals surface area contributed by atoms with E-state index in [1.54, 1.807) is 0 Å². The van der Waals surface area contributed by atoms with Crippen LogP contribution in [0.4, 0.5) is 0 Å². The van der Waals surface area contributed by atoms with E-state index in [4.69, 9.17) is 5.11 Å². The predicted molar refractivity (Wildman–Crippen MR) is 53.2 cm³/mol. The van der Waals surface area contributed by atoms with Gasteiger partial charge in [-0.05, 0) is 19.8 Å². The maximum Gasteiger partial charge on any atom is 0.0636 e. The van der Waals surface area contributed by atoms with Gasteiger partial charge in [0.05, 0.1) is 6.10 Å². The molecule has 0 saturated heterocycles. The minimum absolute atomic E-state index is 0.234. The van der Waals surface area contributed by atoms with Crippen LogP contribution >= 0.6 is 0 Å². The fourth-order valence-corrected chi connectivity index (χ4v) is 1.52. The molecule has 74 valence electrons. The van der Waals surface area contributed by atoms with Crippen molar-refractivity contribution < 1.29 is 5.11 Å². The van der Waals surface area contributed by atoms with Gasteiger partial charge in [-0.25, -0.2) is 0 Å². The van der Waals surface area contributed by atoms with Gasteiger partial charge < -0.3 is 10.4 Å². The molecule has 0 aliphatic heterocycles. The van der Waals surface area contributed by atoms with Gasteiger partial charge in [-0.3, -0.25) is 0 Å². The Hall–Kier alpha value is -0.0800. The maximum atomic E-state index is 9.07. The number of nitrogens with one attached hydrogen (secondary N) is 1. The van der Waals surface area contributed by atoms with Crippen LogP contribution in [0.3, 0.4) is 0 Å². The summed E-state index contributed by atoms with van der Waals surface area (Å²) in [6.07, 6.45) is 2.19. The highest BCUT2D eigenvalue weighted by molar-refractivity contribution is 4.70. The zero-order valence-corrected chi connectivity index (χ0v) is 8.80. The molecule has 0 radical (unpaired) electrons. The Morgan fingerprint density at radius 2 is 1.67 bits per heavy atom. The van der Waals surface area contributed by atoms with Crippen LogP contribution in [0.2, 0.25) is 0 Å². The number of aliphatic hydroxyl groups is 1. The second kappa shape index (κ2) is 6.44. The first kappa shape index (κ1) is 11.9. The van der Waals surface area contributed by atoms with E-state index in [0.717, 1.165) is 5.92 Å². The summed E-state index contributed by atoms with van der Waals surface area (Å²) in [6.45, 7) is 9.15. The predicted octanol–water partition coefficient (Wildman–Crippen LogP) is 1.78. The molecule has 12 heavy (non-hydrogen) atoms. The van der Waals surface area contributed by atoms with Crippen LogP contribution in [0.1, 0.15) is 40.5 Å². The van der Waals surface area contributed by atoms with Crippen LogP contribution < -0.4 is 5.32 Å². The Balaban J connectivity index is 3.61. The van der Waals surface area contributed by atoms with Crippen molar-refractivity contribution in [3.8, 4) is 0 Å². The quantitative estimate of drug-likeness (QED) is 0.641. The number of rotatable bonds is 6. The average molecular weight is 173 g/mol. The number of aliphatic hydroxyl groups excluding tert-OH is 1. The summed E-state index contributed by atoms with van der Waals surface area (Å²) in [5.74, 6) is 0.740. The third kappa shape index (κ3) is 4.73. The van der Waals surface area contributed by atoms with Gasteiger partial charge >= 0.3 is 0 Å². The molecule has 1 unspecified atom stereocenters. The van der Waals surface area contributed by atoms with Gasteiger partial charge in [0.2, 0.25) is 0 Å². The van der Waals surface area contributed by atoms with Crippen LogP contribution in [0.5, 0.6) is 0 Å². The smallest absolute Gasteiger partial charge is 0.0636 e. The largest absolute Gasteiger partial charge is 0.392 e. The minimum Gasteiger partial charge on any atom is -0.392 e. The first-order chi connectivity index (χ1) is 5.61. The number of hydrogen-bond donors (Lipinski definition) is 2. The first-order valence-corrected chi connectivity index (χ1v) is 5.03. The topological polar surface area (TPSA) is 32.3 Å². The lowest BCUT2D eigenvalue weighted by Crippen LogP contribution is -2.37. The van der Waals surface area contributed by atoms with Crippen molar-refractivity contribution in [1.82, 2.24) is 5.32 Å². The Morgan fingerprint density at radius 3 is 2.00 bits per heavy atom. The van der Waals surface area contributed by atoms with Gasteiger partial charge in [0.1, 0.15) is 0 Å². The van der Waals surface area contributed by atoms with Gasteiger partial charge in [-0.15, -0.1) is 0 Å². The van der Waals surface area contributed by atoms with Gasteiger partial charge in [0, 0.05) is 12.6 Å². The zero-order chi connectivity index (χ0) is 9.56. The molecule has 0 aromatic carbocycles. The van der Waals surface area contributed by atoms with Gasteiger partial charge in [-0.2, -0.15) is 0 Å². The number of hydrogen-bond acceptors (Lipinski definition) is 2. The maximum absolute atomic E-state index is 9.07. The molecule has 0 saturated carbocycles. The fourth-order valence-electron chi connectivity index (χ4n) is 1.52. The lowest BCUT2D eigenvalue weighted by atomic mass is 9.95. The van der Waals surface area contributed by atoms with Crippen LogP contribution in [0.25, 0.3) is 0 Å². The molecule has 0 aromatic heterocycles. The molecule has 2 heteroatoms. The van der Waals surface area contributed by atoms with Crippen molar-refractivity contribution in [3.05, 3.63) is 0 Å². The molecule has 0 fully saturated rings. The summed E-state index contributed by atoms with van der Waals surface area (Å²) in [6, 6.07) is 0.523. The molecule has 0 rings (SSSR count). The summed E-state index contributed by atoms with van der Waals surface area (Å²) < 4.78 is 0. The lowest BCUT2D eigenvalue weighted by molar-refractivity contribution is 0.180. The van der Waals surface area contributed by atoms with Crippen molar-refractivity contribution in [2.45, 2.75) is 52.7 Å². The second-order valence-corrected chi connectivity index (χ2v) is 3.62. The van der Waals surface area contributed by atoms with Crippen LogP contribution in [0, 0.1) is 5.92 Å². The second-order valence-electron chi connectivity index (χ2n) is 3.62. The van der Waals surface area contributed by atoms with E-state index in [0.29, 0.717) is 12.6 Å². The molecule has 2 nitrogen and oxygen atoms in total. The van der Waals surface area contributed by atoms with E-state index in [2.05, 4.69) is 26.1 Å². The molecule has 0 aromatic rings. The SMILES string of the molecule is CCC(CC)C(C)NC[C@H](C)O. The highest BCUT2D eigenvalue weighted by Gasteiger charge is 2.12. The van der Waals surface area contributed by atoms with Crippen molar-refractivity contribution in [2.75, 3.05) is 6.54 Å². The Labute approximate surface area is 76.4 Å². The highest BCUT2D eigenvalue weighted by Crippen LogP contribution is 2.12. The Bertz CT molecular complexity index is 100. The molecule has 2 N–H and O–H groups in total. The third-order valence-electron chi connectivity index (χ3n) is 2.49. The van der Waals surface area contributed by atoms with Gasteiger partial charge in [0.15, 0.2) is 0 Å². The Morgan fingerprint density at radius 1 is 1.17 bits per heavy atom. The van der Waals surface area contributed by atoms with Crippen molar-refractivity contribution in [3.63, 3.8) is 0 Å². The van der Waals surface area contributed by atoms with E-state index < -0.39 is 0 Å². The molecule has 0 amide bonds. The average Bonchev–Trinajstić information content (AvgIpc) is 2.03. The molecule has 0 bridgehead atoms. The van der Waals surface area contributed by atoms with Crippen molar-refractivity contribution in [2.24, 2.45) is 5.92 Å². The van der Waals surface area contributed by atoms with Gasteiger partial charge in [-0.1, -0.05) is 26.7 Å². The summed E-state index contributed by atoms with van der Waals surface area (Å²) in [5.41, 5.74) is 0. The van der Waals surface area contributed by atoms with E-state index in [1.165, 1.54) is 12.8 Å². The molecular formula is C10H23NO. The normalized spacial score (nSPS) is 16.5. The van der Waals surface area contributed by atoms with E-state index in [-0.39, 0.29) is 6.10 Å². The van der Waals surface area contributed by atoms with Gasteiger partial charge in [0.25, 0.3) is 0 Å². The van der Waals surface area contributed by atoms with Crippen LogP contribution in [-0.4, -0.2) is 23.8 Å². The monoisotopic (exact) mass is 173 g/mol. The summed E-state index contributed by atoms with van der Waals surface area (Å²) in [5, 5.41) is 12.4. The zero-order valence-electron chi connectivity index (χ0n) is 8.80. The van der Waals surface area contributed by atoms with E-state index in [1.807, 2.05) is 6.92 Å². The molecule has 0 aliphatic carbocycles. The molecule has 0 spiro atoms. The summed E-state index contributed by atoms with van der Waals surface area (Å²) in [7, 11) is 0. The lowest BCUT2D eigenvalue weighted by Gasteiger charge is -2.23. The molecular weight excluding hydrogens is 150 g/mol. The molecule has 0 aliphatic rings. The summed E-state index contributed by atoms with van der Waals surface area (Å²) in [4.78, 5) is 0. The first-order valence-electron chi connectivity index (χ1n) is 5.03. The Kier molecular flexibility index (Phi) is 6.39.